The number of fused-ring (bicyclic) bond motifs is 1. The first-order chi connectivity index (χ1) is 16.9. The van der Waals surface area contributed by atoms with E-state index in [2.05, 4.69) is 15.5 Å². The Labute approximate surface area is 214 Å². The van der Waals surface area contributed by atoms with Crippen molar-refractivity contribution in [2.45, 2.75) is 51.2 Å². The highest BCUT2D eigenvalue weighted by molar-refractivity contribution is 7.99. The van der Waals surface area contributed by atoms with Crippen LogP contribution in [0.15, 0.2) is 29.4 Å². The molecule has 10 heteroatoms. The van der Waals surface area contributed by atoms with Crippen molar-refractivity contribution in [2.24, 2.45) is 0 Å². The fourth-order valence-corrected chi connectivity index (χ4v) is 6.26. The van der Waals surface area contributed by atoms with Gasteiger partial charge in [0.15, 0.2) is 11.0 Å². The topological polar surface area (TPSA) is 89.3 Å². The Hall–Kier alpha value is -2.85. The van der Waals surface area contributed by atoms with E-state index in [0.29, 0.717) is 28.9 Å². The maximum atomic E-state index is 12.9. The fourth-order valence-electron chi connectivity index (χ4n) is 4.17. The number of carbonyl (C=O) groups excluding carboxylic acids is 2. The average molecular weight is 514 g/mol. The zero-order valence-corrected chi connectivity index (χ0v) is 22.2. The molecule has 1 amide bonds. The van der Waals surface area contributed by atoms with Crippen molar-refractivity contribution in [1.29, 1.82) is 0 Å². The maximum Gasteiger partial charge on any atom is 0.341 e. The lowest BCUT2D eigenvalue weighted by atomic mass is 9.95. The van der Waals surface area contributed by atoms with E-state index < -0.39 is 0 Å². The molecule has 2 heterocycles. The predicted octanol–water partition coefficient (Wildman–Crippen LogP) is 4.88. The van der Waals surface area contributed by atoms with Crippen molar-refractivity contribution in [1.82, 2.24) is 14.8 Å². The molecule has 0 saturated heterocycles. The number of carbonyl (C=O) groups is 2. The summed E-state index contributed by atoms with van der Waals surface area (Å²) >= 11 is 2.84. The molecule has 0 atom stereocenters. The molecule has 0 fully saturated rings. The summed E-state index contributed by atoms with van der Waals surface area (Å²) in [4.78, 5) is 28.7. The largest absolute Gasteiger partial charge is 0.462 e. The molecule has 4 rings (SSSR count). The second-order valence-corrected chi connectivity index (χ2v) is 10.5. The number of hydrogen-bond donors (Lipinski definition) is 1. The molecular formula is C25H31N5O3S2. The molecule has 1 aliphatic carbocycles. The van der Waals surface area contributed by atoms with Crippen molar-refractivity contribution in [3.63, 3.8) is 0 Å². The summed E-state index contributed by atoms with van der Waals surface area (Å²) in [5.41, 5.74) is 3.66. The molecule has 0 radical (unpaired) electrons. The minimum atomic E-state index is -0.356. The number of anilines is 2. The van der Waals surface area contributed by atoms with E-state index in [1.807, 2.05) is 54.8 Å². The number of aromatic nitrogens is 3. The number of aryl methyl sites for hydroxylation is 1. The van der Waals surface area contributed by atoms with E-state index >= 15 is 0 Å². The Balaban J connectivity index is 1.47. The van der Waals surface area contributed by atoms with Crippen molar-refractivity contribution < 1.29 is 14.3 Å². The molecule has 8 nitrogen and oxygen atoms in total. The van der Waals surface area contributed by atoms with Crippen LogP contribution in [0.1, 0.15) is 47.5 Å². The second kappa shape index (κ2) is 11.3. The fraction of sp³-hybridized carbons (Fsp3) is 0.440. The Kier molecular flexibility index (Phi) is 8.12. The van der Waals surface area contributed by atoms with Crippen LogP contribution in [0.25, 0.3) is 11.4 Å². The summed E-state index contributed by atoms with van der Waals surface area (Å²) < 4.78 is 7.30. The highest BCUT2D eigenvalue weighted by Crippen LogP contribution is 2.38. The Morgan fingerprint density at radius 2 is 1.89 bits per heavy atom. The van der Waals surface area contributed by atoms with E-state index in [9.17, 15) is 9.59 Å². The van der Waals surface area contributed by atoms with Gasteiger partial charge in [-0.25, -0.2) is 4.79 Å². The lowest BCUT2D eigenvalue weighted by Gasteiger charge is -2.13. The molecule has 1 aliphatic rings. The standard InChI is InChI=1S/C25H31N5O3S2/c1-5-30-22(16-11-13-17(14-12-16)29(3)4)27-28-25(30)34-15-20(31)26-23-21(24(32)33-6-2)18-9-7-8-10-19(18)35-23/h11-14H,5-10,15H2,1-4H3,(H,26,31). The number of hydrogen-bond acceptors (Lipinski definition) is 8. The molecular weight excluding hydrogens is 482 g/mol. The van der Waals surface area contributed by atoms with E-state index in [1.54, 1.807) is 6.92 Å². The summed E-state index contributed by atoms with van der Waals surface area (Å²) in [6.07, 6.45) is 3.94. The van der Waals surface area contributed by atoms with Gasteiger partial charge in [0.2, 0.25) is 5.91 Å². The van der Waals surface area contributed by atoms with Crippen LogP contribution in [0, 0.1) is 0 Å². The molecule has 0 bridgehead atoms. The zero-order chi connectivity index (χ0) is 24.9. The summed E-state index contributed by atoms with van der Waals surface area (Å²) in [5, 5.41) is 13.0. The summed E-state index contributed by atoms with van der Waals surface area (Å²) in [6, 6.07) is 8.16. The van der Waals surface area contributed by atoms with Gasteiger partial charge in [0.25, 0.3) is 0 Å². The molecule has 35 heavy (non-hydrogen) atoms. The molecule has 3 aromatic rings. The summed E-state index contributed by atoms with van der Waals surface area (Å²) in [5.74, 6) is 0.408. The second-order valence-electron chi connectivity index (χ2n) is 8.46. The van der Waals surface area contributed by atoms with Crippen LogP contribution in [-0.4, -0.2) is 53.1 Å². The maximum absolute atomic E-state index is 12.9. The quantitative estimate of drug-likeness (QED) is 0.322. The third-order valence-electron chi connectivity index (χ3n) is 5.91. The number of nitrogens with zero attached hydrogens (tertiary/aromatic N) is 4. The van der Waals surface area contributed by atoms with Gasteiger partial charge in [-0.1, -0.05) is 11.8 Å². The first-order valence-corrected chi connectivity index (χ1v) is 13.7. The molecule has 2 aromatic heterocycles. The average Bonchev–Trinajstić information content (AvgIpc) is 3.43. The molecule has 0 saturated carbocycles. The first kappa shape index (κ1) is 25.2. The third kappa shape index (κ3) is 5.54. The third-order valence-corrected chi connectivity index (χ3v) is 8.09. The normalized spacial score (nSPS) is 12.8. The highest BCUT2D eigenvalue weighted by Gasteiger charge is 2.27. The molecule has 186 valence electrons. The van der Waals surface area contributed by atoms with Gasteiger partial charge >= 0.3 is 5.97 Å². The van der Waals surface area contributed by atoms with Crippen LogP contribution in [0.3, 0.4) is 0 Å². The van der Waals surface area contributed by atoms with Gasteiger partial charge in [-0.2, -0.15) is 0 Å². The van der Waals surface area contributed by atoms with Gasteiger partial charge in [-0.3, -0.25) is 4.79 Å². The van der Waals surface area contributed by atoms with Crippen LogP contribution in [0.5, 0.6) is 0 Å². The van der Waals surface area contributed by atoms with Crippen LogP contribution >= 0.6 is 23.1 Å². The van der Waals surface area contributed by atoms with E-state index in [0.717, 1.165) is 48.3 Å². The smallest absolute Gasteiger partial charge is 0.341 e. The Morgan fingerprint density at radius 1 is 1.14 bits per heavy atom. The first-order valence-electron chi connectivity index (χ1n) is 11.9. The lowest BCUT2D eigenvalue weighted by Crippen LogP contribution is -2.17. The molecule has 1 N–H and O–H groups in total. The minimum Gasteiger partial charge on any atom is -0.462 e. The van der Waals surface area contributed by atoms with E-state index in [4.69, 9.17) is 4.74 Å². The number of esters is 1. The molecule has 1 aromatic carbocycles. The van der Waals surface area contributed by atoms with Crippen LogP contribution in [0.4, 0.5) is 10.7 Å². The van der Waals surface area contributed by atoms with Crippen molar-refractivity contribution in [3.8, 4) is 11.4 Å². The Morgan fingerprint density at radius 3 is 2.57 bits per heavy atom. The predicted molar refractivity (Wildman–Crippen MR) is 142 cm³/mol. The number of benzene rings is 1. The number of thiophene rings is 1. The van der Waals surface area contributed by atoms with Gasteiger partial charge in [0.05, 0.1) is 17.9 Å². The number of thioether (sulfide) groups is 1. The summed E-state index contributed by atoms with van der Waals surface area (Å²) in [6.45, 7) is 4.82. The number of amides is 1. The van der Waals surface area contributed by atoms with Gasteiger partial charge < -0.3 is 19.5 Å². The van der Waals surface area contributed by atoms with E-state index in [1.165, 1.54) is 28.0 Å². The van der Waals surface area contributed by atoms with Crippen LogP contribution in [0.2, 0.25) is 0 Å². The van der Waals surface area contributed by atoms with Crippen molar-refractivity contribution in [3.05, 3.63) is 40.3 Å². The van der Waals surface area contributed by atoms with Crippen LogP contribution < -0.4 is 10.2 Å². The molecule has 0 unspecified atom stereocenters. The number of nitrogens with one attached hydrogen (secondary N) is 1. The van der Waals surface area contributed by atoms with Crippen molar-refractivity contribution >= 4 is 45.7 Å². The van der Waals surface area contributed by atoms with E-state index in [-0.39, 0.29) is 17.6 Å². The lowest BCUT2D eigenvalue weighted by molar-refractivity contribution is -0.113. The molecule has 0 spiro atoms. The number of ether oxygens (including phenoxy) is 1. The van der Waals surface area contributed by atoms with Gasteiger partial charge in [-0.05, 0) is 69.4 Å². The zero-order valence-electron chi connectivity index (χ0n) is 20.6. The summed E-state index contributed by atoms with van der Waals surface area (Å²) in [7, 11) is 4.01. The number of rotatable bonds is 9. The van der Waals surface area contributed by atoms with Gasteiger partial charge in [-0.15, -0.1) is 21.5 Å². The Bertz CT molecular complexity index is 1200. The minimum absolute atomic E-state index is 0.169. The monoisotopic (exact) mass is 513 g/mol. The van der Waals surface area contributed by atoms with Gasteiger partial charge in [0, 0.05) is 36.8 Å². The van der Waals surface area contributed by atoms with Gasteiger partial charge in [0.1, 0.15) is 5.00 Å². The molecule has 0 aliphatic heterocycles. The van der Waals surface area contributed by atoms with Crippen molar-refractivity contribution in [2.75, 3.05) is 36.7 Å². The van der Waals surface area contributed by atoms with Crippen LogP contribution in [-0.2, 0) is 28.9 Å². The highest BCUT2D eigenvalue weighted by atomic mass is 32.2. The SMILES string of the molecule is CCOC(=O)c1c(NC(=O)CSc2nnc(-c3ccc(N(C)C)cc3)n2CC)sc2c1CCCC2.